The van der Waals surface area contributed by atoms with Crippen molar-refractivity contribution >= 4 is 54.9 Å². The van der Waals surface area contributed by atoms with Crippen LogP contribution in [0.2, 0.25) is 0 Å². The number of aryl methyl sites for hydroxylation is 1. The van der Waals surface area contributed by atoms with Crippen molar-refractivity contribution in [2.24, 2.45) is 0 Å². The number of thioether (sulfide) groups is 1. The zero-order chi connectivity index (χ0) is 22.9. The highest BCUT2D eigenvalue weighted by atomic mass is 32.2. The van der Waals surface area contributed by atoms with Crippen LogP contribution in [0.25, 0.3) is 10.2 Å². The van der Waals surface area contributed by atoms with Gasteiger partial charge in [0.05, 0.1) is 34.8 Å². The monoisotopic (exact) mass is 491 g/mol. The van der Waals surface area contributed by atoms with Crippen LogP contribution in [0.4, 0.5) is 5.82 Å². The van der Waals surface area contributed by atoms with E-state index in [1.54, 1.807) is 18.7 Å². The van der Waals surface area contributed by atoms with Crippen LogP contribution >= 0.6 is 23.1 Å². The molecule has 1 aliphatic rings. The predicted octanol–water partition coefficient (Wildman–Crippen LogP) is 4.46. The van der Waals surface area contributed by atoms with Gasteiger partial charge in [-0.2, -0.15) is 0 Å². The summed E-state index contributed by atoms with van der Waals surface area (Å²) in [6.45, 7) is 5.81. The molecule has 1 saturated heterocycles. The summed E-state index contributed by atoms with van der Waals surface area (Å²) in [7, 11) is -3.09. The SMILES string of the molecule is CCOC(=O)c1sc2nc(CSc3ccccc3)nc(NC3(C)CCS(=O)(=O)C3)c2c1C. The van der Waals surface area contributed by atoms with E-state index in [2.05, 4.69) is 5.32 Å². The first kappa shape index (κ1) is 23.0. The molecule has 0 radical (unpaired) electrons. The summed E-state index contributed by atoms with van der Waals surface area (Å²) >= 11 is 2.91. The molecular weight excluding hydrogens is 466 g/mol. The van der Waals surface area contributed by atoms with Gasteiger partial charge in [0.1, 0.15) is 21.3 Å². The second-order valence-corrected chi connectivity index (χ2v) is 12.3. The number of fused-ring (bicyclic) bond motifs is 1. The molecule has 1 fully saturated rings. The van der Waals surface area contributed by atoms with Gasteiger partial charge in [-0.15, -0.1) is 23.1 Å². The fraction of sp³-hybridized carbons (Fsp3) is 0.409. The van der Waals surface area contributed by atoms with Crippen molar-refractivity contribution in [3.05, 3.63) is 46.6 Å². The van der Waals surface area contributed by atoms with Crippen molar-refractivity contribution in [3.63, 3.8) is 0 Å². The molecule has 0 saturated carbocycles. The van der Waals surface area contributed by atoms with E-state index in [1.807, 2.05) is 44.2 Å². The van der Waals surface area contributed by atoms with Gasteiger partial charge in [-0.3, -0.25) is 0 Å². The van der Waals surface area contributed by atoms with Crippen LogP contribution in [0.15, 0.2) is 35.2 Å². The second-order valence-electron chi connectivity index (χ2n) is 8.07. The van der Waals surface area contributed by atoms with E-state index in [9.17, 15) is 13.2 Å². The van der Waals surface area contributed by atoms with Gasteiger partial charge in [0, 0.05) is 4.90 Å². The average Bonchev–Trinajstić information content (AvgIpc) is 3.22. The van der Waals surface area contributed by atoms with Crippen LogP contribution in [-0.4, -0.2) is 48.0 Å². The molecule has 0 spiro atoms. The lowest BCUT2D eigenvalue weighted by molar-refractivity contribution is 0.0531. The fourth-order valence-corrected chi connectivity index (χ4v) is 7.75. The normalized spacial score (nSPS) is 19.8. The van der Waals surface area contributed by atoms with E-state index < -0.39 is 15.4 Å². The van der Waals surface area contributed by atoms with Crippen LogP contribution in [0.3, 0.4) is 0 Å². The van der Waals surface area contributed by atoms with Gasteiger partial charge in [-0.05, 0) is 44.9 Å². The maximum atomic E-state index is 12.5. The van der Waals surface area contributed by atoms with E-state index in [0.717, 1.165) is 15.8 Å². The first-order valence-electron chi connectivity index (χ1n) is 10.3. The van der Waals surface area contributed by atoms with Crippen molar-refractivity contribution in [2.45, 2.75) is 43.4 Å². The number of nitrogens with one attached hydrogen (secondary N) is 1. The lowest BCUT2D eigenvalue weighted by atomic mass is 10.0. The Hall–Kier alpha value is -2.17. The first-order valence-corrected chi connectivity index (χ1v) is 14.0. The number of anilines is 1. The van der Waals surface area contributed by atoms with Gasteiger partial charge < -0.3 is 10.1 Å². The number of hydrogen-bond acceptors (Lipinski definition) is 9. The molecule has 1 aliphatic heterocycles. The minimum atomic E-state index is -3.09. The Morgan fingerprint density at radius 2 is 2.03 bits per heavy atom. The highest BCUT2D eigenvalue weighted by molar-refractivity contribution is 7.98. The number of nitrogens with zero attached hydrogens (tertiary/aromatic N) is 2. The van der Waals surface area contributed by atoms with E-state index in [1.165, 1.54) is 11.3 Å². The summed E-state index contributed by atoms with van der Waals surface area (Å²) < 4.78 is 29.5. The van der Waals surface area contributed by atoms with Crippen LogP contribution in [0.5, 0.6) is 0 Å². The van der Waals surface area contributed by atoms with E-state index in [0.29, 0.717) is 33.5 Å². The van der Waals surface area contributed by atoms with E-state index in [4.69, 9.17) is 14.7 Å². The molecule has 3 aromatic rings. The second kappa shape index (κ2) is 8.99. The molecule has 170 valence electrons. The maximum Gasteiger partial charge on any atom is 0.348 e. The molecule has 0 aliphatic carbocycles. The van der Waals surface area contributed by atoms with Crippen molar-refractivity contribution in [2.75, 3.05) is 23.4 Å². The van der Waals surface area contributed by atoms with E-state index in [-0.39, 0.29) is 24.1 Å². The topological polar surface area (TPSA) is 98.2 Å². The highest BCUT2D eigenvalue weighted by Crippen LogP contribution is 2.37. The summed E-state index contributed by atoms with van der Waals surface area (Å²) in [5, 5.41) is 4.14. The van der Waals surface area contributed by atoms with Crippen molar-refractivity contribution < 1.29 is 17.9 Å². The summed E-state index contributed by atoms with van der Waals surface area (Å²) in [6.07, 6.45) is 0.503. The molecule has 3 heterocycles. The van der Waals surface area contributed by atoms with Gasteiger partial charge in [0.15, 0.2) is 9.84 Å². The Morgan fingerprint density at radius 1 is 1.28 bits per heavy atom. The average molecular weight is 492 g/mol. The molecule has 1 aromatic carbocycles. The molecule has 32 heavy (non-hydrogen) atoms. The summed E-state index contributed by atoms with van der Waals surface area (Å²) in [4.78, 5) is 24.3. The number of carbonyl (C=O) groups excluding carboxylic acids is 1. The number of thiophene rings is 1. The third-order valence-corrected chi connectivity index (χ3v) is 9.41. The Balaban J connectivity index is 1.74. The predicted molar refractivity (Wildman–Crippen MR) is 129 cm³/mol. The largest absolute Gasteiger partial charge is 0.462 e. The van der Waals surface area contributed by atoms with Crippen LogP contribution in [-0.2, 0) is 20.3 Å². The van der Waals surface area contributed by atoms with Crippen LogP contribution in [0, 0.1) is 6.92 Å². The molecule has 0 amide bonds. The Kier molecular flexibility index (Phi) is 6.46. The zero-order valence-corrected chi connectivity index (χ0v) is 20.6. The van der Waals surface area contributed by atoms with Gasteiger partial charge >= 0.3 is 5.97 Å². The summed E-state index contributed by atoms with van der Waals surface area (Å²) in [5.74, 6) is 1.56. The fourth-order valence-electron chi connectivity index (χ4n) is 3.79. The Bertz CT molecular complexity index is 1260. The minimum absolute atomic E-state index is 0.0491. The Morgan fingerprint density at radius 3 is 2.69 bits per heavy atom. The lowest BCUT2D eigenvalue weighted by Crippen LogP contribution is -2.36. The van der Waals surface area contributed by atoms with Crippen molar-refractivity contribution in [3.8, 4) is 0 Å². The van der Waals surface area contributed by atoms with Crippen LogP contribution < -0.4 is 5.32 Å². The molecule has 1 unspecified atom stereocenters. The maximum absolute atomic E-state index is 12.5. The first-order chi connectivity index (χ1) is 15.2. The third-order valence-electron chi connectivity index (χ3n) is 5.33. The molecule has 10 heteroatoms. The number of aromatic nitrogens is 2. The number of esters is 1. The smallest absolute Gasteiger partial charge is 0.348 e. The number of carbonyl (C=O) groups is 1. The molecule has 1 atom stereocenters. The van der Waals surface area contributed by atoms with Gasteiger partial charge in [-0.25, -0.2) is 23.2 Å². The van der Waals surface area contributed by atoms with Crippen molar-refractivity contribution in [1.82, 2.24) is 9.97 Å². The van der Waals surface area contributed by atoms with Crippen molar-refractivity contribution in [1.29, 1.82) is 0 Å². The molecule has 4 rings (SSSR count). The summed E-state index contributed by atoms with van der Waals surface area (Å²) in [5.41, 5.74) is 0.125. The molecule has 2 aromatic heterocycles. The molecule has 0 bridgehead atoms. The quantitative estimate of drug-likeness (QED) is 0.382. The van der Waals surface area contributed by atoms with E-state index >= 15 is 0 Å². The Labute approximate surface area is 195 Å². The highest BCUT2D eigenvalue weighted by Gasteiger charge is 2.39. The van der Waals surface area contributed by atoms with Gasteiger partial charge in [-0.1, -0.05) is 18.2 Å². The van der Waals surface area contributed by atoms with Crippen LogP contribution in [0.1, 0.15) is 41.3 Å². The number of hydrogen-bond donors (Lipinski definition) is 1. The lowest BCUT2D eigenvalue weighted by Gasteiger charge is -2.25. The molecule has 7 nitrogen and oxygen atoms in total. The van der Waals surface area contributed by atoms with Gasteiger partial charge in [0.25, 0.3) is 0 Å². The minimum Gasteiger partial charge on any atom is -0.462 e. The number of ether oxygens (including phenoxy) is 1. The zero-order valence-electron chi connectivity index (χ0n) is 18.2. The third kappa shape index (κ3) is 4.92. The number of sulfone groups is 1. The molecular formula is C22H25N3O4S3. The number of rotatable bonds is 7. The summed E-state index contributed by atoms with van der Waals surface area (Å²) in [6, 6.07) is 9.99. The van der Waals surface area contributed by atoms with Gasteiger partial charge in [0.2, 0.25) is 0 Å². The standard InChI is InChI=1S/C22H25N3O4S3/c1-4-29-21(26)18-14(2)17-19(25-22(3)10-11-32(27,28)13-22)23-16(24-20(17)31-18)12-30-15-8-6-5-7-9-15/h5-9H,4,10-13H2,1-3H3,(H,23,24,25). The number of benzene rings is 1. The molecule has 1 N–H and O–H groups in total.